The third kappa shape index (κ3) is 8.26. The second-order valence-corrected chi connectivity index (χ2v) is 26.0. The molecular formula is C88H50F6N6. The van der Waals surface area contributed by atoms with Gasteiger partial charge in [0.15, 0.2) is 0 Å². The summed E-state index contributed by atoms with van der Waals surface area (Å²) in [5.41, 5.74) is 12.6. The molecule has 6 nitrogen and oxygen atoms in total. The van der Waals surface area contributed by atoms with Crippen LogP contribution in [0.3, 0.4) is 0 Å². The van der Waals surface area contributed by atoms with Gasteiger partial charge in [0.25, 0.3) is 0 Å². The Hall–Kier alpha value is -12.9. The highest BCUT2D eigenvalue weighted by molar-refractivity contribution is 6.16. The summed E-state index contributed by atoms with van der Waals surface area (Å²) in [6, 6.07) is 98.0. The van der Waals surface area contributed by atoms with Gasteiger partial charge in [-0.05, 0) is 137 Å². The van der Waals surface area contributed by atoms with Crippen LogP contribution in [0, 0.1) is 11.3 Å². The van der Waals surface area contributed by atoms with E-state index in [-0.39, 0.29) is 34.5 Å². The molecule has 0 saturated heterocycles. The number of aromatic nitrogens is 5. The first-order chi connectivity index (χ1) is 48.9. The Kier molecular flexibility index (Phi) is 12.1. The summed E-state index contributed by atoms with van der Waals surface area (Å²) < 4.78 is 105. The summed E-state index contributed by atoms with van der Waals surface area (Å²) in [6.45, 7) is 0. The van der Waals surface area contributed by atoms with Crippen molar-refractivity contribution in [2.24, 2.45) is 0 Å². The molecule has 19 aromatic rings. The number of alkyl halides is 6. The van der Waals surface area contributed by atoms with Gasteiger partial charge in [-0.2, -0.15) is 31.6 Å². The lowest BCUT2D eigenvalue weighted by Gasteiger charge is -2.22. The predicted molar refractivity (Wildman–Crippen MR) is 391 cm³/mol. The Labute approximate surface area is 566 Å². The molecule has 0 saturated carbocycles. The lowest BCUT2D eigenvalue weighted by molar-refractivity contribution is -0.142. The molecule has 1 aliphatic carbocycles. The van der Waals surface area contributed by atoms with Crippen molar-refractivity contribution >= 4 is 109 Å². The molecule has 0 amide bonds. The molecule has 14 aromatic carbocycles. The number of rotatable bonds is 7. The average molecular weight is 1310 g/mol. The van der Waals surface area contributed by atoms with Gasteiger partial charge in [-0.15, -0.1) is 0 Å². The number of benzene rings is 14. The molecule has 0 fully saturated rings. The normalized spacial score (nSPS) is 12.8. The molecular weight excluding hydrogens is 1250 g/mol. The highest BCUT2D eigenvalue weighted by atomic mass is 19.4. The van der Waals surface area contributed by atoms with Crippen LogP contribution in [-0.4, -0.2) is 22.8 Å². The molecule has 0 atom stereocenters. The van der Waals surface area contributed by atoms with Crippen LogP contribution in [0.4, 0.5) is 26.3 Å². The van der Waals surface area contributed by atoms with Crippen LogP contribution in [0.5, 0.6) is 0 Å². The zero-order chi connectivity index (χ0) is 67.0. The minimum Gasteiger partial charge on any atom is -0.309 e. The van der Waals surface area contributed by atoms with Crippen LogP contribution < -0.4 is 0 Å². The number of halogens is 6. The summed E-state index contributed by atoms with van der Waals surface area (Å²) in [7, 11) is 0. The maximum absolute atomic E-state index is 16.5. The number of nitrogens with zero attached hydrogens (tertiary/aromatic N) is 6. The fourth-order valence-corrected chi connectivity index (χ4v) is 16.7. The number of hydrogen-bond donors (Lipinski definition) is 0. The largest absolute Gasteiger partial charge is 0.417 e. The maximum Gasteiger partial charge on any atom is 0.417 e. The molecule has 474 valence electrons. The minimum absolute atomic E-state index is 0.0646. The van der Waals surface area contributed by atoms with Gasteiger partial charge >= 0.3 is 12.4 Å². The molecule has 20 rings (SSSR count). The highest BCUT2D eigenvalue weighted by Crippen LogP contribution is 2.52. The molecule has 1 aliphatic rings. The Bertz CT molecular complexity index is 6420. The molecule has 12 heteroatoms. The van der Waals surface area contributed by atoms with Gasteiger partial charge < -0.3 is 22.8 Å². The van der Waals surface area contributed by atoms with E-state index in [4.69, 9.17) is 0 Å². The van der Waals surface area contributed by atoms with E-state index >= 15 is 26.3 Å². The van der Waals surface area contributed by atoms with Crippen LogP contribution in [0.1, 0.15) is 39.3 Å². The standard InChI is InChI=1S/C88H50F6N6/c89-87(90,91)53-34-39-59(73(45-53)88(92,93)94)72-49-80(99-83-46-54(96-74-27-11-5-19-60(74)61-20-6-12-28-75(61)96)36-41-68(83)69-42-37-55(47-84(69)99)97-76-29-13-7-21-62(76)63-22-8-14-30-77(63)97)52(50-95)44-82(72)100-81-43-51(86-70-25-3-1-17-57(70)58-18-2-4-26-71(58)86)33-38-66(81)67-40-35-56(48-85(67)100)98-78-31-15-9-23-64(78)65-24-10-16-32-79(65)98/h1-49,86H. The van der Waals surface area contributed by atoms with Gasteiger partial charge in [0.05, 0.1) is 83.2 Å². The summed E-state index contributed by atoms with van der Waals surface area (Å²) in [4.78, 5) is 0. The quantitative estimate of drug-likeness (QED) is 0.147. The van der Waals surface area contributed by atoms with Crippen molar-refractivity contribution in [2.75, 3.05) is 0 Å². The van der Waals surface area contributed by atoms with E-state index in [9.17, 15) is 5.26 Å². The van der Waals surface area contributed by atoms with Gasteiger partial charge in [-0.25, -0.2) is 0 Å². The van der Waals surface area contributed by atoms with E-state index in [0.717, 1.165) is 144 Å². The molecule has 5 heterocycles. The molecule has 0 radical (unpaired) electrons. The average Bonchev–Trinajstić information content (AvgIpc) is 1.55. The minimum atomic E-state index is -5.32. The lowest BCUT2D eigenvalue weighted by Crippen LogP contribution is -2.13. The molecule has 0 aliphatic heterocycles. The predicted octanol–water partition coefficient (Wildman–Crippen LogP) is 23.9. The Morgan fingerprint density at radius 2 is 0.620 bits per heavy atom. The van der Waals surface area contributed by atoms with E-state index in [1.807, 2.05) is 124 Å². The monoisotopic (exact) mass is 1300 g/mol. The zero-order valence-corrected chi connectivity index (χ0v) is 52.8. The van der Waals surface area contributed by atoms with Gasteiger partial charge in [0.2, 0.25) is 0 Å². The summed E-state index contributed by atoms with van der Waals surface area (Å²) >= 11 is 0. The van der Waals surface area contributed by atoms with Gasteiger partial charge in [0, 0.05) is 82.4 Å². The van der Waals surface area contributed by atoms with Crippen molar-refractivity contribution in [3.63, 3.8) is 0 Å². The first kappa shape index (κ1) is 57.4. The number of hydrogen-bond acceptors (Lipinski definition) is 1. The third-order valence-corrected chi connectivity index (χ3v) is 20.9. The Morgan fingerprint density at radius 3 is 1.01 bits per heavy atom. The van der Waals surface area contributed by atoms with Gasteiger partial charge in [-0.1, -0.05) is 194 Å². The molecule has 0 bridgehead atoms. The second-order valence-electron chi connectivity index (χ2n) is 26.0. The van der Waals surface area contributed by atoms with Gasteiger partial charge in [-0.3, -0.25) is 0 Å². The fraction of sp³-hybridized carbons (Fsp3) is 0.0341. The molecule has 0 N–H and O–H groups in total. The number of fused-ring (bicyclic) bond motifs is 18. The number of para-hydroxylation sites is 6. The first-order valence-electron chi connectivity index (χ1n) is 33.0. The molecule has 0 unspecified atom stereocenters. The van der Waals surface area contributed by atoms with Gasteiger partial charge in [0.1, 0.15) is 6.07 Å². The zero-order valence-electron chi connectivity index (χ0n) is 52.8. The van der Waals surface area contributed by atoms with Crippen LogP contribution in [0.25, 0.3) is 160 Å². The van der Waals surface area contributed by atoms with Crippen LogP contribution >= 0.6 is 0 Å². The van der Waals surface area contributed by atoms with Crippen molar-refractivity contribution < 1.29 is 26.3 Å². The van der Waals surface area contributed by atoms with Crippen molar-refractivity contribution in [3.05, 3.63) is 331 Å². The van der Waals surface area contributed by atoms with E-state index in [1.165, 1.54) is 0 Å². The molecule has 0 spiro atoms. The van der Waals surface area contributed by atoms with Crippen LogP contribution in [0.2, 0.25) is 0 Å². The van der Waals surface area contributed by atoms with Crippen LogP contribution in [0.15, 0.2) is 297 Å². The highest BCUT2D eigenvalue weighted by Gasteiger charge is 2.40. The summed E-state index contributed by atoms with van der Waals surface area (Å²) in [6.07, 6.45) is -10.4. The Balaban J connectivity index is 0.932. The Morgan fingerprint density at radius 1 is 0.270 bits per heavy atom. The smallest absolute Gasteiger partial charge is 0.309 e. The fourth-order valence-electron chi connectivity index (χ4n) is 16.7. The molecule has 100 heavy (non-hydrogen) atoms. The van der Waals surface area contributed by atoms with Crippen LogP contribution in [-0.2, 0) is 12.4 Å². The summed E-state index contributed by atoms with van der Waals surface area (Å²) in [5, 5.41) is 21.5. The van der Waals surface area contributed by atoms with E-state index < -0.39 is 29.0 Å². The lowest BCUT2D eigenvalue weighted by atomic mass is 9.89. The van der Waals surface area contributed by atoms with Crippen molar-refractivity contribution in [1.29, 1.82) is 5.26 Å². The first-order valence-corrected chi connectivity index (χ1v) is 33.0. The third-order valence-electron chi connectivity index (χ3n) is 20.9. The van der Waals surface area contributed by atoms with Crippen molar-refractivity contribution in [1.82, 2.24) is 22.8 Å². The molecule has 5 aromatic heterocycles. The summed E-state index contributed by atoms with van der Waals surface area (Å²) in [5.74, 6) is -0.255. The van der Waals surface area contributed by atoms with Crippen molar-refractivity contribution in [3.8, 4) is 56.8 Å². The van der Waals surface area contributed by atoms with Crippen molar-refractivity contribution in [2.45, 2.75) is 18.3 Å². The second kappa shape index (κ2) is 21.1. The number of nitriles is 1. The topological polar surface area (TPSA) is 48.4 Å². The maximum atomic E-state index is 16.5. The SMILES string of the molecule is N#Cc1cc(-n2c3cc(C4c5ccccc5-c5ccccc54)ccc3c3ccc(-n4c5ccccc5c5ccccc54)cc32)c(-c2ccc(C(F)(F)F)cc2C(F)(F)F)cc1-n1c2cc(-n3c4ccccc4c4ccccc43)ccc2c2ccc(-n3c4ccccc4c4ccccc43)cc21. The van der Waals surface area contributed by atoms with E-state index in [0.29, 0.717) is 22.1 Å². The van der Waals surface area contributed by atoms with E-state index in [2.05, 4.69) is 171 Å². The van der Waals surface area contributed by atoms with E-state index in [1.54, 1.807) is 12.1 Å².